The van der Waals surface area contributed by atoms with Gasteiger partial charge in [-0.05, 0) is 31.1 Å². The highest BCUT2D eigenvalue weighted by molar-refractivity contribution is 4.81. The zero-order chi connectivity index (χ0) is 11.8. The van der Waals surface area contributed by atoms with Crippen LogP contribution in [0.5, 0.6) is 0 Å². The smallest absolute Gasteiger partial charge is 0.0571 e. The van der Waals surface area contributed by atoms with Gasteiger partial charge in [0.15, 0.2) is 0 Å². The van der Waals surface area contributed by atoms with Crippen LogP contribution in [0.1, 0.15) is 78.1 Å². The number of aliphatic hydroxyl groups is 1. The number of rotatable bonds is 7. The van der Waals surface area contributed by atoms with E-state index in [1.54, 1.807) is 0 Å². The van der Waals surface area contributed by atoms with E-state index >= 15 is 0 Å². The SMILES string of the molecule is CCCCCC1CCCC(O)C1CCCC. The molecular formula is C15H30O. The highest BCUT2D eigenvalue weighted by Crippen LogP contribution is 2.36. The predicted octanol–water partition coefficient (Wildman–Crippen LogP) is 4.53. The Balaban J connectivity index is 2.36. The average Bonchev–Trinajstić information content (AvgIpc) is 2.28. The van der Waals surface area contributed by atoms with Crippen LogP contribution in [0.25, 0.3) is 0 Å². The summed E-state index contributed by atoms with van der Waals surface area (Å²) in [6.45, 7) is 4.52. The molecule has 0 spiro atoms. The Kier molecular flexibility index (Phi) is 7.11. The van der Waals surface area contributed by atoms with Crippen molar-refractivity contribution in [2.45, 2.75) is 84.2 Å². The average molecular weight is 226 g/mol. The topological polar surface area (TPSA) is 20.2 Å². The quantitative estimate of drug-likeness (QED) is 0.632. The largest absolute Gasteiger partial charge is 0.393 e. The van der Waals surface area contributed by atoms with Gasteiger partial charge in [-0.15, -0.1) is 0 Å². The third kappa shape index (κ3) is 4.45. The van der Waals surface area contributed by atoms with Crippen molar-refractivity contribution in [2.24, 2.45) is 11.8 Å². The molecule has 0 aromatic rings. The van der Waals surface area contributed by atoms with E-state index < -0.39 is 0 Å². The molecule has 0 heterocycles. The molecule has 1 saturated carbocycles. The predicted molar refractivity (Wildman–Crippen MR) is 70.5 cm³/mol. The molecule has 1 aliphatic rings. The lowest BCUT2D eigenvalue weighted by atomic mass is 9.73. The van der Waals surface area contributed by atoms with Gasteiger partial charge in [-0.3, -0.25) is 0 Å². The summed E-state index contributed by atoms with van der Waals surface area (Å²) in [7, 11) is 0. The van der Waals surface area contributed by atoms with Crippen LogP contribution in [0.3, 0.4) is 0 Å². The van der Waals surface area contributed by atoms with E-state index in [0.29, 0.717) is 5.92 Å². The van der Waals surface area contributed by atoms with Crippen molar-refractivity contribution in [2.75, 3.05) is 0 Å². The molecule has 1 rings (SSSR count). The summed E-state index contributed by atoms with van der Waals surface area (Å²) in [4.78, 5) is 0. The maximum Gasteiger partial charge on any atom is 0.0571 e. The van der Waals surface area contributed by atoms with Gasteiger partial charge in [-0.1, -0.05) is 58.8 Å². The zero-order valence-corrected chi connectivity index (χ0v) is 11.3. The van der Waals surface area contributed by atoms with E-state index in [4.69, 9.17) is 0 Å². The second-order valence-corrected chi connectivity index (χ2v) is 5.56. The molecule has 1 heteroatoms. The summed E-state index contributed by atoms with van der Waals surface area (Å²) in [5, 5.41) is 10.1. The van der Waals surface area contributed by atoms with Crippen molar-refractivity contribution >= 4 is 0 Å². The van der Waals surface area contributed by atoms with Crippen LogP contribution in [0.2, 0.25) is 0 Å². The Morgan fingerprint density at radius 2 is 1.69 bits per heavy atom. The van der Waals surface area contributed by atoms with Gasteiger partial charge in [0.2, 0.25) is 0 Å². The number of hydrogen-bond acceptors (Lipinski definition) is 1. The van der Waals surface area contributed by atoms with Crippen LogP contribution in [-0.4, -0.2) is 11.2 Å². The molecule has 16 heavy (non-hydrogen) atoms. The van der Waals surface area contributed by atoms with Gasteiger partial charge in [0, 0.05) is 0 Å². The maximum absolute atomic E-state index is 10.1. The lowest BCUT2D eigenvalue weighted by Crippen LogP contribution is -2.32. The zero-order valence-electron chi connectivity index (χ0n) is 11.3. The van der Waals surface area contributed by atoms with Crippen molar-refractivity contribution in [3.8, 4) is 0 Å². The third-order valence-corrected chi connectivity index (χ3v) is 4.24. The van der Waals surface area contributed by atoms with Gasteiger partial charge in [-0.2, -0.15) is 0 Å². The molecule has 1 N–H and O–H groups in total. The van der Waals surface area contributed by atoms with Crippen molar-refractivity contribution in [1.29, 1.82) is 0 Å². The molecule has 0 amide bonds. The first-order valence-electron chi connectivity index (χ1n) is 7.47. The first-order chi connectivity index (χ1) is 7.79. The van der Waals surface area contributed by atoms with Gasteiger partial charge >= 0.3 is 0 Å². The minimum absolute atomic E-state index is 0.00641. The second-order valence-electron chi connectivity index (χ2n) is 5.56. The summed E-state index contributed by atoms with van der Waals surface area (Å²) >= 11 is 0. The molecule has 1 aliphatic carbocycles. The minimum Gasteiger partial charge on any atom is -0.393 e. The lowest BCUT2D eigenvalue weighted by molar-refractivity contribution is 0.0228. The molecule has 1 nitrogen and oxygen atoms in total. The standard InChI is InChI=1S/C15H30O/c1-3-5-7-9-13-10-8-12-15(16)14(13)11-6-4-2/h13-16H,3-12H2,1-2H3. The van der Waals surface area contributed by atoms with Crippen molar-refractivity contribution in [1.82, 2.24) is 0 Å². The number of unbranched alkanes of at least 4 members (excludes halogenated alkanes) is 3. The first-order valence-corrected chi connectivity index (χ1v) is 7.47. The molecule has 0 radical (unpaired) electrons. The van der Waals surface area contributed by atoms with Crippen LogP contribution in [0, 0.1) is 11.8 Å². The van der Waals surface area contributed by atoms with E-state index in [-0.39, 0.29) is 6.10 Å². The Labute approximate surface area is 102 Å². The third-order valence-electron chi connectivity index (χ3n) is 4.24. The van der Waals surface area contributed by atoms with Crippen LogP contribution in [0.4, 0.5) is 0 Å². The monoisotopic (exact) mass is 226 g/mol. The lowest BCUT2D eigenvalue weighted by Gasteiger charge is -2.36. The maximum atomic E-state index is 10.1. The summed E-state index contributed by atoms with van der Waals surface area (Å²) in [5.41, 5.74) is 0. The van der Waals surface area contributed by atoms with Gasteiger partial charge < -0.3 is 5.11 Å². The van der Waals surface area contributed by atoms with Crippen LogP contribution < -0.4 is 0 Å². The molecule has 3 unspecified atom stereocenters. The molecule has 1 fully saturated rings. The van der Waals surface area contributed by atoms with Crippen molar-refractivity contribution in [3.63, 3.8) is 0 Å². The fourth-order valence-electron chi connectivity index (χ4n) is 3.21. The van der Waals surface area contributed by atoms with E-state index in [9.17, 15) is 5.11 Å². The molecule has 0 aliphatic heterocycles. The van der Waals surface area contributed by atoms with Gasteiger partial charge in [-0.25, -0.2) is 0 Å². The van der Waals surface area contributed by atoms with Crippen LogP contribution in [0.15, 0.2) is 0 Å². The van der Waals surface area contributed by atoms with Gasteiger partial charge in [0.1, 0.15) is 0 Å². The number of aliphatic hydroxyl groups excluding tert-OH is 1. The Hall–Kier alpha value is -0.0400. The summed E-state index contributed by atoms with van der Waals surface area (Å²) < 4.78 is 0. The van der Waals surface area contributed by atoms with Gasteiger partial charge in [0.25, 0.3) is 0 Å². The minimum atomic E-state index is 0.00641. The van der Waals surface area contributed by atoms with E-state index in [0.717, 1.165) is 12.3 Å². The fourth-order valence-corrected chi connectivity index (χ4v) is 3.21. The van der Waals surface area contributed by atoms with E-state index in [2.05, 4.69) is 13.8 Å². The molecule has 96 valence electrons. The molecular weight excluding hydrogens is 196 g/mol. The Bertz CT molecular complexity index is 167. The Morgan fingerprint density at radius 1 is 0.938 bits per heavy atom. The molecule has 3 atom stereocenters. The fraction of sp³-hybridized carbons (Fsp3) is 1.00. The summed E-state index contributed by atoms with van der Waals surface area (Å²) in [6.07, 6.45) is 12.9. The highest BCUT2D eigenvalue weighted by Gasteiger charge is 2.30. The van der Waals surface area contributed by atoms with Crippen molar-refractivity contribution in [3.05, 3.63) is 0 Å². The number of hydrogen-bond donors (Lipinski definition) is 1. The molecule has 0 aromatic carbocycles. The van der Waals surface area contributed by atoms with Crippen LogP contribution >= 0.6 is 0 Å². The first kappa shape index (κ1) is 14.0. The van der Waals surface area contributed by atoms with Crippen LogP contribution in [-0.2, 0) is 0 Å². The van der Waals surface area contributed by atoms with E-state index in [1.807, 2.05) is 0 Å². The van der Waals surface area contributed by atoms with E-state index in [1.165, 1.54) is 57.8 Å². The molecule has 0 aromatic heterocycles. The van der Waals surface area contributed by atoms with Crippen molar-refractivity contribution < 1.29 is 5.11 Å². The highest BCUT2D eigenvalue weighted by atomic mass is 16.3. The van der Waals surface area contributed by atoms with Gasteiger partial charge in [0.05, 0.1) is 6.10 Å². The Morgan fingerprint density at radius 3 is 2.38 bits per heavy atom. The molecule has 0 bridgehead atoms. The summed E-state index contributed by atoms with van der Waals surface area (Å²) in [5.74, 6) is 1.44. The summed E-state index contributed by atoms with van der Waals surface area (Å²) in [6, 6.07) is 0. The molecule has 0 saturated heterocycles. The normalized spacial score (nSPS) is 30.6. The second kappa shape index (κ2) is 8.11.